The lowest BCUT2D eigenvalue weighted by atomic mass is 10.2. The third kappa shape index (κ3) is 2.63. The van der Waals surface area contributed by atoms with Crippen molar-refractivity contribution >= 4 is 33.5 Å². The summed E-state index contributed by atoms with van der Waals surface area (Å²) in [6.07, 6.45) is 2.20. The normalized spacial score (nSPS) is 15.6. The number of hydrogen-bond acceptors (Lipinski definition) is 6. The minimum absolute atomic E-state index is 0.0606. The molecule has 0 amide bonds. The number of tetrazole rings is 1. The standard InChI is InChI=1S/C11H11BrN6OS/c12-6-1-4-8(10(13)15-19)9(5-6)20-11-14-16-17-18(11)7-2-3-7/h1,4-5,7,19H,2-3H2,(H2,13,15). The molecule has 0 bridgehead atoms. The van der Waals surface area contributed by atoms with E-state index in [2.05, 4.69) is 36.6 Å². The second-order valence-electron chi connectivity index (χ2n) is 4.36. The zero-order valence-corrected chi connectivity index (χ0v) is 12.7. The number of nitrogens with two attached hydrogens (primary N) is 1. The molecule has 1 aromatic carbocycles. The first-order valence-electron chi connectivity index (χ1n) is 5.92. The van der Waals surface area contributed by atoms with E-state index in [-0.39, 0.29) is 5.84 Å². The van der Waals surface area contributed by atoms with Crippen LogP contribution in [-0.2, 0) is 0 Å². The third-order valence-electron chi connectivity index (χ3n) is 2.88. The van der Waals surface area contributed by atoms with Gasteiger partial charge in [0.05, 0.1) is 6.04 Å². The van der Waals surface area contributed by atoms with Crippen molar-refractivity contribution in [1.82, 2.24) is 20.2 Å². The molecule has 20 heavy (non-hydrogen) atoms. The van der Waals surface area contributed by atoms with Crippen molar-refractivity contribution in [2.45, 2.75) is 28.9 Å². The maximum absolute atomic E-state index is 8.86. The number of halogens is 1. The average molecular weight is 355 g/mol. The van der Waals surface area contributed by atoms with E-state index in [1.807, 2.05) is 16.8 Å². The number of aromatic nitrogens is 4. The monoisotopic (exact) mass is 354 g/mol. The quantitative estimate of drug-likeness (QED) is 0.377. The highest BCUT2D eigenvalue weighted by Crippen LogP contribution is 2.39. The number of oxime groups is 1. The van der Waals surface area contributed by atoms with E-state index < -0.39 is 0 Å². The van der Waals surface area contributed by atoms with Gasteiger partial charge in [-0.2, -0.15) is 0 Å². The second kappa shape index (κ2) is 5.41. The second-order valence-corrected chi connectivity index (χ2v) is 6.29. The van der Waals surface area contributed by atoms with Crippen LogP contribution < -0.4 is 5.73 Å². The fourth-order valence-electron chi connectivity index (χ4n) is 1.75. The summed E-state index contributed by atoms with van der Waals surface area (Å²) in [6.45, 7) is 0. The number of hydrogen-bond donors (Lipinski definition) is 2. The highest BCUT2D eigenvalue weighted by atomic mass is 79.9. The smallest absolute Gasteiger partial charge is 0.214 e. The fourth-order valence-corrected chi connectivity index (χ4v) is 3.28. The Labute approximate surface area is 127 Å². The highest BCUT2D eigenvalue weighted by Gasteiger charge is 2.28. The zero-order valence-electron chi connectivity index (χ0n) is 10.3. The molecule has 3 N–H and O–H groups in total. The molecule has 1 aliphatic rings. The molecule has 3 rings (SSSR count). The first kappa shape index (κ1) is 13.4. The van der Waals surface area contributed by atoms with Gasteiger partial charge in [-0.15, -0.1) is 5.10 Å². The summed E-state index contributed by atoms with van der Waals surface area (Å²) in [4.78, 5) is 0.825. The van der Waals surface area contributed by atoms with Gasteiger partial charge in [-0.25, -0.2) is 4.68 Å². The molecule has 1 fully saturated rings. The molecule has 104 valence electrons. The van der Waals surface area contributed by atoms with Gasteiger partial charge in [0.15, 0.2) is 5.84 Å². The molecule has 1 aromatic heterocycles. The lowest BCUT2D eigenvalue weighted by Gasteiger charge is -2.08. The Balaban J connectivity index is 1.96. The molecule has 0 radical (unpaired) electrons. The van der Waals surface area contributed by atoms with Crippen molar-refractivity contribution in [2.75, 3.05) is 0 Å². The van der Waals surface area contributed by atoms with Gasteiger partial charge < -0.3 is 10.9 Å². The van der Waals surface area contributed by atoms with Gasteiger partial charge in [-0.3, -0.25) is 0 Å². The molecule has 0 unspecified atom stereocenters. The van der Waals surface area contributed by atoms with Gasteiger partial charge in [-0.05, 0) is 53.2 Å². The number of amidine groups is 1. The van der Waals surface area contributed by atoms with Crippen LogP contribution in [0.4, 0.5) is 0 Å². The molecule has 9 heteroatoms. The Morgan fingerprint density at radius 2 is 2.30 bits per heavy atom. The number of rotatable bonds is 4. The minimum atomic E-state index is 0.0606. The largest absolute Gasteiger partial charge is 0.409 e. The van der Waals surface area contributed by atoms with Gasteiger partial charge in [0.25, 0.3) is 0 Å². The number of benzene rings is 1. The summed E-state index contributed by atoms with van der Waals surface area (Å²) in [6, 6.07) is 5.91. The molecular formula is C11H11BrN6OS. The van der Waals surface area contributed by atoms with E-state index in [4.69, 9.17) is 10.9 Å². The van der Waals surface area contributed by atoms with Crippen molar-refractivity contribution in [3.63, 3.8) is 0 Å². The Hall–Kier alpha value is -1.61. The van der Waals surface area contributed by atoms with Crippen LogP contribution >= 0.6 is 27.7 Å². The Morgan fingerprint density at radius 3 is 3.00 bits per heavy atom. The van der Waals surface area contributed by atoms with Gasteiger partial charge in [-0.1, -0.05) is 21.1 Å². The SMILES string of the molecule is N/C(=N/O)c1ccc(Br)cc1Sc1nnnn1C1CC1. The molecule has 7 nitrogen and oxygen atoms in total. The first-order chi connectivity index (χ1) is 9.69. The van der Waals surface area contributed by atoms with E-state index in [1.165, 1.54) is 11.8 Å². The van der Waals surface area contributed by atoms with Crippen LogP contribution in [-0.4, -0.2) is 31.3 Å². The van der Waals surface area contributed by atoms with Crippen LogP contribution in [0, 0.1) is 0 Å². The Bertz CT molecular complexity index is 669. The van der Waals surface area contributed by atoms with Crippen molar-refractivity contribution in [2.24, 2.45) is 10.9 Å². The molecule has 0 saturated heterocycles. The van der Waals surface area contributed by atoms with Gasteiger partial charge >= 0.3 is 0 Å². The zero-order chi connectivity index (χ0) is 14.1. The molecule has 0 spiro atoms. The van der Waals surface area contributed by atoms with Crippen LogP contribution in [0.2, 0.25) is 0 Å². The van der Waals surface area contributed by atoms with Crippen LogP contribution in [0.3, 0.4) is 0 Å². The van der Waals surface area contributed by atoms with E-state index in [0.717, 1.165) is 22.2 Å². The lowest BCUT2D eigenvalue weighted by molar-refractivity contribution is 0.318. The van der Waals surface area contributed by atoms with Crippen LogP contribution in [0.1, 0.15) is 24.4 Å². The molecule has 0 aliphatic heterocycles. The molecule has 0 atom stereocenters. The highest BCUT2D eigenvalue weighted by molar-refractivity contribution is 9.10. The predicted molar refractivity (Wildman–Crippen MR) is 76.9 cm³/mol. The maximum Gasteiger partial charge on any atom is 0.214 e. The molecule has 2 aromatic rings. The molecular weight excluding hydrogens is 344 g/mol. The fraction of sp³-hybridized carbons (Fsp3) is 0.273. The summed E-state index contributed by atoms with van der Waals surface area (Å²) in [5, 5.41) is 24.4. The summed E-state index contributed by atoms with van der Waals surface area (Å²) in [7, 11) is 0. The molecule has 1 heterocycles. The van der Waals surface area contributed by atoms with Gasteiger partial charge in [0, 0.05) is 14.9 Å². The topological polar surface area (TPSA) is 102 Å². The van der Waals surface area contributed by atoms with E-state index in [9.17, 15) is 0 Å². The van der Waals surface area contributed by atoms with E-state index in [1.54, 1.807) is 6.07 Å². The number of nitrogens with zero attached hydrogens (tertiary/aromatic N) is 5. The summed E-state index contributed by atoms with van der Waals surface area (Å²) < 4.78 is 2.72. The lowest BCUT2D eigenvalue weighted by Crippen LogP contribution is -2.14. The van der Waals surface area contributed by atoms with Crippen LogP contribution in [0.25, 0.3) is 0 Å². The van der Waals surface area contributed by atoms with Gasteiger partial charge in [0.1, 0.15) is 0 Å². The third-order valence-corrected chi connectivity index (χ3v) is 4.39. The van der Waals surface area contributed by atoms with Crippen molar-refractivity contribution < 1.29 is 5.21 Å². The van der Waals surface area contributed by atoms with Crippen LogP contribution in [0.15, 0.2) is 37.9 Å². The predicted octanol–water partition coefficient (Wildman–Crippen LogP) is 2.02. The summed E-state index contributed by atoms with van der Waals surface area (Å²) in [5.74, 6) is 0.0606. The summed E-state index contributed by atoms with van der Waals surface area (Å²) in [5.41, 5.74) is 6.34. The molecule has 1 saturated carbocycles. The van der Waals surface area contributed by atoms with Gasteiger partial charge in [0.2, 0.25) is 5.16 Å². The molecule has 1 aliphatic carbocycles. The van der Waals surface area contributed by atoms with Crippen LogP contribution in [0.5, 0.6) is 0 Å². The van der Waals surface area contributed by atoms with Crippen molar-refractivity contribution in [3.8, 4) is 0 Å². The van der Waals surface area contributed by atoms with Crippen molar-refractivity contribution in [1.29, 1.82) is 0 Å². The van der Waals surface area contributed by atoms with E-state index >= 15 is 0 Å². The summed E-state index contributed by atoms with van der Waals surface area (Å²) >= 11 is 4.81. The Kier molecular flexibility index (Phi) is 3.62. The minimum Gasteiger partial charge on any atom is -0.409 e. The van der Waals surface area contributed by atoms with Crippen molar-refractivity contribution in [3.05, 3.63) is 28.2 Å². The maximum atomic E-state index is 8.86. The Morgan fingerprint density at radius 1 is 1.50 bits per heavy atom. The van der Waals surface area contributed by atoms with E-state index in [0.29, 0.717) is 16.8 Å². The average Bonchev–Trinajstić information content (AvgIpc) is 3.19. The first-order valence-corrected chi connectivity index (χ1v) is 7.53.